The molecule has 0 spiro atoms. The number of nitrogens with zero attached hydrogens (tertiary/aromatic N) is 4. The quantitative estimate of drug-likeness (QED) is 0.867. The van der Waals surface area contributed by atoms with Gasteiger partial charge in [-0.25, -0.2) is 4.68 Å². The summed E-state index contributed by atoms with van der Waals surface area (Å²) in [5, 5.41) is 15.9. The lowest BCUT2D eigenvalue weighted by Crippen LogP contribution is -2.13. The van der Waals surface area contributed by atoms with Crippen LogP contribution in [0.2, 0.25) is 0 Å². The molecule has 0 bridgehead atoms. The zero-order valence-electron chi connectivity index (χ0n) is 10.5. The maximum atomic E-state index is 4.47. The standard InChI is InChI=1S/C13H17N5/c1-2-14-8-11-9-16-18(13(11)10-5-6-10)12-4-3-7-15-17-12/h3-4,7,9-10,14H,2,5-6,8H2,1H3. The smallest absolute Gasteiger partial charge is 0.175 e. The van der Waals surface area contributed by atoms with E-state index in [1.54, 1.807) is 6.20 Å². The summed E-state index contributed by atoms with van der Waals surface area (Å²) in [6, 6.07) is 3.84. The Labute approximate surface area is 106 Å². The lowest BCUT2D eigenvalue weighted by atomic mass is 10.1. The van der Waals surface area contributed by atoms with Gasteiger partial charge in [0.2, 0.25) is 0 Å². The molecule has 0 aliphatic heterocycles. The summed E-state index contributed by atoms with van der Waals surface area (Å²) in [7, 11) is 0. The molecule has 1 aliphatic carbocycles. The molecule has 0 radical (unpaired) electrons. The van der Waals surface area contributed by atoms with Gasteiger partial charge in [0.05, 0.1) is 11.9 Å². The van der Waals surface area contributed by atoms with Crippen molar-refractivity contribution >= 4 is 0 Å². The summed E-state index contributed by atoms with van der Waals surface area (Å²) >= 11 is 0. The third kappa shape index (κ3) is 2.13. The zero-order valence-corrected chi connectivity index (χ0v) is 10.5. The van der Waals surface area contributed by atoms with Crippen LogP contribution in [0.5, 0.6) is 0 Å². The Bertz CT molecular complexity index is 515. The third-order valence-corrected chi connectivity index (χ3v) is 3.19. The molecule has 2 heterocycles. The second-order valence-electron chi connectivity index (χ2n) is 4.60. The maximum Gasteiger partial charge on any atom is 0.175 e. The highest BCUT2D eigenvalue weighted by molar-refractivity contribution is 5.32. The fourth-order valence-corrected chi connectivity index (χ4v) is 2.17. The summed E-state index contributed by atoms with van der Waals surface area (Å²) in [5.41, 5.74) is 2.58. The average molecular weight is 243 g/mol. The van der Waals surface area contributed by atoms with Crippen molar-refractivity contribution in [2.45, 2.75) is 32.2 Å². The molecule has 0 unspecified atom stereocenters. The summed E-state index contributed by atoms with van der Waals surface area (Å²) in [6.07, 6.45) is 6.14. The van der Waals surface area contributed by atoms with E-state index in [9.17, 15) is 0 Å². The summed E-state index contributed by atoms with van der Waals surface area (Å²) < 4.78 is 1.94. The molecule has 5 nitrogen and oxygen atoms in total. The van der Waals surface area contributed by atoms with E-state index in [0.717, 1.165) is 18.9 Å². The van der Waals surface area contributed by atoms with Crippen LogP contribution in [0.15, 0.2) is 24.5 Å². The van der Waals surface area contributed by atoms with Crippen LogP contribution in [-0.2, 0) is 6.54 Å². The van der Waals surface area contributed by atoms with E-state index in [1.165, 1.54) is 24.1 Å². The van der Waals surface area contributed by atoms with Crippen LogP contribution in [0.3, 0.4) is 0 Å². The molecule has 1 saturated carbocycles. The SMILES string of the molecule is CCNCc1cnn(-c2cccnn2)c1C1CC1. The van der Waals surface area contributed by atoms with Crippen LogP contribution in [0, 0.1) is 0 Å². The Morgan fingerprint density at radius 2 is 2.33 bits per heavy atom. The molecular formula is C13H17N5. The van der Waals surface area contributed by atoms with E-state index in [-0.39, 0.29) is 0 Å². The van der Waals surface area contributed by atoms with Crippen LogP contribution >= 0.6 is 0 Å². The molecule has 1 aliphatic rings. The third-order valence-electron chi connectivity index (χ3n) is 3.19. The van der Waals surface area contributed by atoms with Crippen LogP contribution in [0.25, 0.3) is 5.82 Å². The van der Waals surface area contributed by atoms with Gasteiger partial charge in [-0.3, -0.25) is 0 Å². The Morgan fingerprint density at radius 1 is 1.44 bits per heavy atom. The summed E-state index contributed by atoms with van der Waals surface area (Å²) in [5.74, 6) is 1.45. The molecule has 18 heavy (non-hydrogen) atoms. The fraction of sp³-hybridized carbons (Fsp3) is 0.462. The molecular weight excluding hydrogens is 226 g/mol. The molecule has 3 rings (SSSR count). The number of hydrogen-bond acceptors (Lipinski definition) is 4. The predicted molar refractivity (Wildman–Crippen MR) is 68.5 cm³/mol. The topological polar surface area (TPSA) is 55.6 Å². The molecule has 0 amide bonds. The summed E-state index contributed by atoms with van der Waals surface area (Å²) in [6.45, 7) is 3.97. The first-order chi connectivity index (χ1) is 8.90. The fourth-order valence-electron chi connectivity index (χ4n) is 2.17. The van der Waals surface area contributed by atoms with Crippen molar-refractivity contribution in [1.82, 2.24) is 25.3 Å². The highest BCUT2D eigenvalue weighted by Crippen LogP contribution is 2.42. The van der Waals surface area contributed by atoms with Gasteiger partial charge in [0.25, 0.3) is 0 Å². The summed E-state index contributed by atoms with van der Waals surface area (Å²) in [4.78, 5) is 0. The van der Waals surface area contributed by atoms with Crippen LogP contribution < -0.4 is 5.32 Å². The first kappa shape index (κ1) is 11.3. The number of hydrogen-bond donors (Lipinski definition) is 1. The minimum Gasteiger partial charge on any atom is -0.313 e. The van der Waals surface area contributed by atoms with Gasteiger partial charge in [-0.1, -0.05) is 6.92 Å². The van der Waals surface area contributed by atoms with Gasteiger partial charge in [0.15, 0.2) is 5.82 Å². The number of rotatable bonds is 5. The maximum absolute atomic E-state index is 4.47. The van der Waals surface area contributed by atoms with E-state index in [2.05, 4.69) is 27.5 Å². The van der Waals surface area contributed by atoms with Crippen molar-refractivity contribution in [3.63, 3.8) is 0 Å². The Balaban J connectivity index is 1.97. The molecule has 94 valence electrons. The molecule has 0 saturated heterocycles. The Hall–Kier alpha value is -1.75. The average Bonchev–Trinajstić information content (AvgIpc) is 3.17. The lowest BCUT2D eigenvalue weighted by Gasteiger charge is -2.07. The van der Waals surface area contributed by atoms with Crippen molar-refractivity contribution in [3.05, 3.63) is 35.8 Å². The first-order valence-corrected chi connectivity index (χ1v) is 6.45. The van der Waals surface area contributed by atoms with E-state index in [1.807, 2.05) is 23.0 Å². The minimum atomic E-state index is 0.642. The van der Waals surface area contributed by atoms with Crippen LogP contribution in [-0.4, -0.2) is 26.5 Å². The van der Waals surface area contributed by atoms with Crippen molar-refractivity contribution in [2.75, 3.05) is 6.54 Å². The molecule has 5 heteroatoms. The van der Waals surface area contributed by atoms with Crippen LogP contribution in [0.4, 0.5) is 0 Å². The van der Waals surface area contributed by atoms with E-state index >= 15 is 0 Å². The zero-order chi connectivity index (χ0) is 12.4. The molecule has 2 aromatic rings. The monoisotopic (exact) mass is 243 g/mol. The minimum absolute atomic E-state index is 0.642. The van der Waals surface area contributed by atoms with Gasteiger partial charge < -0.3 is 5.32 Å². The predicted octanol–water partition coefficient (Wildman–Crippen LogP) is 1.65. The van der Waals surface area contributed by atoms with Crippen LogP contribution in [0.1, 0.15) is 36.9 Å². The Kier molecular flexibility index (Phi) is 3.06. The second kappa shape index (κ2) is 4.86. The van der Waals surface area contributed by atoms with Crippen molar-refractivity contribution < 1.29 is 0 Å². The lowest BCUT2D eigenvalue weighted by molar-refractivity contribution is 0.710. The van der Waals surface area contributed by atoms with Crippen molar-refractivity contribution in [3.8, 4) is 5.82 Å². The molecule has 0 aromatic carbocycles. The van der Waals surface area contributed by atoms with Gasteiger partial charge in [-0.05, 0) is 31.5 Å². The second-order valence-corrected chi connectivity index (χ2v) is 4.60. The highest BCUT2D eigenvalue weighted by Gasteiger charge is 2.30. The molecule has 1 fully saturated rings. The van der Waals surface area contributed by atoms with E-state index < -0.39 is 0 Å². The van der Waals surface area contributed by atoms with E-state index in [4.69, 9.17) is 0 Å². The normalized spacial score (nSPS) is 14.9. The van der Waals surface area contributed by atoms with E-state index in [0.29, 0.717) is 5.92 Å². The first-order valence-electron chi connectivity index (χ1n) is 6.45. The Morgan fingerprint density at radius 3 is 3.00 bits per heavy atom. The van der Waals surface area contributed by atoms with Gasteiger partial charge in [0.1, 0.15) is 0 Å². The van der Waals surface area contributed by atoms with Gasteiger partial charge in [-0.2, -0.15) is 10.2 Å². The largest absolute Gasteiger partial charge is 0.313 e. The number of nitrogens with one attached hydrogen (secondary N) is 1. The highest BCUT2D eigenvalue weighted by atomic mass is 15.3. The van der Waals surface area contributed by atoms with Gasteiger partial charge in [-0.15, -0.1) is 5.10 Å². The molecule has 1 N–H and O–H groups in total. The van der Waals surface area contributed by atoms with Crippen molar-refractivity contribution in [1.29, 1.82) is 0 Å². The molecule has 2 aromatic heterocycles. The number of aromatic nitrogens is 4. The van der Waals surface area contributed by atoms with Crippen molar-refractivity contribution in [2.24, 2.45) is 0 Å². The van der Waals surface area contributed by atoms with Gasteiger partial charge in [0, 0.05) is 24.2 Å². The van der Waals surface area contributed by atoms with Gasteiger partial charge >= 0.3 is 0 Å². The molecule has 0 atom stereocenters.